The van der Waals surface area contributed by atoms with Crippen LogP contribution in [0.2, 0.25) is 0 Å². The van der Waals surface area contributed by atoms with Crippen molar-refractivity contribution in [2.75, 3.05) is 14.2 Å². The Morgan fingerprint density at radius 1 is 1.22 bits per heavy atom. The molecule has 1 N–H and O–H groups in total. The lowest BCUT2D eigenvalue weighted by Crippen LogP contribution is -2.47. The zero-order valence-electron chi connectivity index (χ0n) is 10.9. The van der Waals surface area contributed by atoms with Gasteiger partial charge in [-0.15, -0.1) is 0 Å². The molecule has 18 heavy (non-hydrogen) atoms. The van der Waals surface area contributed by atoms with Crippen LogP contribution in [-0.4, -0.2) is 38.1 Å². The Morgan fingerprint density at radius 3 is 2.28 bits per heavy atom. The Balaban J connectivity index is 2.61. The van der Waals surface area contributed by atoms with Gasteiger partial charge in [0.15, 0.2) is 0 Å². The predicted molar refractivity (Wildman–Crippen MR) is 62.5 cm³/mol. The van der Waals surface area contributed by atoms with Crippen molar-refractivity contribution in [3.8, 4) is 0 Å². The maximum absolute atomic E-state index is 11.7. The van der Waals surface area contributed by atoms with E-state index in [2.05, 4.69) is 14.8 Å². The normalized spacial score (nSPS) is 17.5. The van der Waals surface area contributed by atoms with Gasteiger partial charge in [0.1, 0.15) is 6.04 Å². The quantitative estimate of drug-likeness (QED) is 0.690. The van der Waals surface area contributed by atoms with E-state index in [1.165, 1.54) is 14.2 Å². The summed E-state index contributed by atoms with van der Waals surface area (Å²) < 4.78 is 9.19. The summed E-state index contributed by atoms with van der Waals surface area (Å²) >= 11 is 0. The Morgan fingerprint density at radius 2 is 1.83 bits per heavy atom. The van der Waals surface area contributed by atoms with Crippen molar-refractivity contribution in [3.05, 3.63) is 0 Å². The van der Waals surface area contributed by atoms with E-state index in [0.29, 0.717) is 0 Å². The van der Waals surface area contributed by atoms with Crippen molar-refractivity contribution in [2.45, 2.75) is 32.2 Å². The molecule has 1 saturated carbocycles. The molecule has 0 aromatic carbocycles. The fourth-order valence-electron chi connectivity index (χ4n) is 1.64. The minimum atomic E-state index is -0.804. The molecular weight excluding hydrogens is 238 g/mol. The van der Waals surface area contributed by atoms with Gasteiger partial charge in [-0.3, -0.25) is 9.59 Å². The van der Waals surface area contributed by atoms with E-state index in [-0.39, 0.29) is 24.2 Å². The Hall–Kier alpha value is -1.59. The molecule has 0 heterocycles. The smallest absolute Gasteiger partial charge is 0.328 e. The van der Waals surface area contributed by atoms with Crippen LogP contribution in [-0.2, 0) is 23.9 Å². The van der Waals surface area contributed by atoms with Gasteiger partial charge in [-0.1, -0.05) is 6.92 Å². The van der Waals surface area contributed by atoms with E-state index in [0.717, 1.165) is 12.8 Å². The van der Waals surface area contributed by atoms with Gasteiger partial charge in [0.25, 0.3) is 0 Å². The highest BCUT2D eigenvalue weighted by molar-refractivity contribution is 5.87. The lowest BCUT2D eigenvalue weighted by atomic mass is 9.98. The number of carbonyl (C=O) groups is 3. The van der Waals surface area contributed by atoms with Crippen molar-refractivity contribution < 1.29 is 23.9 Å². The van der Waals surface area contributed by atoms with Crippen LogP contribution in [0.3, 0.4) is 0 Å². The van der Waals surface area contributed by atoms with Gasteiger partial charge in [0.05, 0.1) is 20.6 Å². The molecule has 1 amide bonds. The van der Waals surface area contributed by atoms with Crippen molar-refractivity contribution in [2.24, 2.45) is 11.8 Å². The number of carbonyl (C=O) groups excluding carboxylic acids is 3. The van der Waals surface area contributed by atoms with Crippen LogP contribution in [0.1, 0.15) is 26.2 Å². The van der Waals surface area contributed by atoms with Crippen molar-refractivity contribution in [3.63, 3.8) is 0 Å². The first-order valence-corrected chi connectivity index (χ1v) is 5.94. The molecule has 0 bridgehead atoms. The maximum Gasteiger partial charge on any atom is 0.328 e. The van der Waals surface area contributed by atoms with Gasteiger partial charge in [0, 0.05) is 5.92 Å². The summed E-state index contributed by atoms with van der Waals surface area (Å²) in [6.07, 6.45) is 1.76. The fourth-order valence-corrected chi connectivity index (χ4v) is 1.64. The molecule has 2 atom stereocenters. The molecule has 1 aliphatic rings. The average molecular weight is 257 g/mol. The number of methoxy groups -OCH3 is 2. The number of esters is 2. The molecule has 1 aliphatic carbocycles. The number of nitrogens with one attached hydrogen (secondary N) is 1. The molecule has 0 radical (unpaired) electrons. The molecule has 1 fully saturated rings. The molecular formula is C12H19NO5. The molecule has 6 nitrogen and oxygen atoms in total. The van der Waals surface area contributed by atoms with E-state index in [9.17, 15) is 14.4 Å². The first-order chi connectivity index (χ1) is 8.49. The standard InChI is InChI=1S/C12H19NO5/c1-7(6-9(14)17-2)10(12(16)18-3)13-11(15)8-4-5-8/h7-8,10H,4-6H2,1-3H3,(H,13,15)/t7-,10-/m0/s1. The van der Waals surface area contributed by atoms with Gasteiger partial charge < -0.3 is 14.8 Å². The largest absolute Gasteiger partial charge is 0.469 e. The molecule has 6 heteroatoms. The topological polar surface area (TPSA) is 81.7 Å². The zero-order valence-corrected chi connectivity index (χ0v) is 10.9. The third kappa shape index (κ3) is 4.01. The van der Waals surface area contributed by atoms with Crippen LogP contribution >= 0.6 is 0 Å². The molecule has 0 aromatic rings. The summed E-state index contributed by atoms with van der Waals surface area (Å²) in [4.78, 5) is 34.5. The average Bonchev–Trinajstić information content (AvgIpc) is 3.18. The molecule has 0 unspecified atom stereocenters. The van der Waals surface area contributed by atoms with E-state index >= 15 is 0 Å². The molecule has 0 spiro atoms. The molecule has 0 aromatic heterocycles. The van der Waals surface area contributed by atoms with Gasteiger partial charge in [-0.2, -0.15) is 0 Å². The number of hydrogen-bond acceptors (Lipinski definition) is 5. The van der Waals surface area contributed by atoms with E-state index in [1.807, 2.05) is 0 Å². The zero-order chi connectivity index (χ0) is 13.7. The minimum absolute atomic E-state index is 0.00230. The van der Waals surface area contributed by atoms with Crippen LogP contribution in [0.25, 0.3) is 0 Å². The number of rotatable bonds is 6. The van der Waals surface area contributed by atoms with Gasteiger partial charge in [-0.05, 0) is 18.8 Å². The van der Waals surface area contributed by atoms with E-state index < -0.39 is 18.0 Å². The highest BCUT2D eigenvalue weighted by Gasteiger charge is 2.35. The summed E-state index contributed by atoms with van der Waals surface area (Å²) in [6, 6.07) is -0.804. The maximum atomic E-state index is 11.7. The number of ether oxygens (including phenoxy) is 2. The van der Waals surface area contributed by atoms with Gasteiger partial charge in [0.2, 0.25) is 5.91 Å². The van der Waals surface area contributed by atoms with Gasteiger partial charge >= 0.3 is 11.9 Å². The second-order valence-electron chi connectivity index (χ2n) is 4.54. The van der Waals surface area contributed by atoms with Crippen LogP contribution in [0.4, 0.5) is 0 Å². The summed E-state index contributed by atoms with van der Waals surface area (Å²) in [5, 5.41) is 2.64. The third-order valence-electron chi connectivity index (χ3n) is 2.99. The van der Waals surface area contributed by atoms with Crippen molar-refractivity contribution in [1.29, 1.82) is 0 Å². The Kier molecular flexibility index (Phi) is 5.12. The second kappa shape index (κ2) is 6.37. The molecule has 0 saturated heterocycles. The fraction of sp³-hybridized carbons (Fsp3) is 0.750. The molecule has 102 valence electrons. The van der Waals surface area contributed by atoms with Crippen LogP contribution < -0.4 is 5.32 Å². The van der Waals surface area contributed by atoms with E-state index in [4.69, 9.17) is 0 Å². The van der Waals surface area contributed by atoms with Crippen LogP contribution in [0, 0.1) is 11.8 Å². The van der Waals surface area contributed by atoms with Gasteiger partial charge in [-0.25, -0.2) is 4.79 Å². The number of amides is 1. The summed E-state index contributed by atoms with van der Waals surface area (Å²) in [7, 11) is 2.54. The highest BCUT2D eigenvalue weighted by Crippen LogP contribution is 2.29. The Labute approximate surface area is 106 Å². The Bertz CT molecular complexity index is 337. The third-order valence-corrected chi connectivity index (χ3v) is 2.99. The van der Waals surface area contributed by atoms with Crippen LogP contribution in [0.15, 0.2) is 0 Å². The first kappa shape index (κ1) is 14.5. The summed E-state index contributed by atoms with van der Waals surface area (Å²) in [6.45, 7) is 1.70. The van der Waals surface area contributed by atoms with Crippen molar-refractivity contribution in [1.82, 2.24) is 5.32 Å². The highest BCUT2D eigenvalue weighted by atomic mass is 16.5. The monoisotopic (exact) mass is 257 g/mol. The lowest BCUT2D eigenvalue weighted by molar-refractivity contribution is -0.148. The van der Waals surface area contributed by atoms with Crippen LogP contribution in [0.5, 0.6) is 0 Å². The number of hydrogen-bond donors (Lipinski definition) is 1. The SMILES string of the molecule is COC(=O)C[C@H](C)[C@H](NC(=O)C1CC1)C(=O)OC. The van der Waals surface area contributed by atoms with Crippen molar-refractivity contribution >= 4 is 17.8 Å². The second-order valence-corrected chi connectivity index (χ2v) is 4.54. The van der Waals surface area contributed by atoms with E-state index in [1.54, 1.807) is 6.92 Å². The molecule has 1 rings (SSSR count). The molecule has 0 aliphatic heterocycles. The predicted octanol–water partition coefficient (Wildman–Crippen LogP) is 0.253. The first-order valence-electron chi connectivity index (χ1n) is 5.94. The minimum Gasteiger partial charge on any atom is -0.469 e. The lowest BCUT2D eigenvalue weighted by Gasteiger charge is -2.22. The summed E-state index contributed by atoms with van der Waals surface area (Å²) in [5.74, 6) is -1.48. The summed E-state index contributed by atoms with van der Waals surface area (Å²) in [5.41, 5.74) is 0.